The molecule has 0 aromatic carbocycles. The van der Waals surface area contributed by atoms with E-state index >= 15 is 0 Å². The summed E-state index contributed by atoms with van der Waals surface area (Å²) in [4.78, 5) is 3.96. The number of alkyl halides is 3. The Labute approximate surface area is 131 Å². The fourth-order valence-corrected chi connectivity index (χ4v) is 2.65. The van der Waals surface area contributed by atoms with Crippen molar-refractivity contribution in [3.63, 3.8) is 0 Å². The molecule has 2 rings (SSSR count). The van der Waals surface area contributed by atoms with E-state index in [-0.39, 0.29) is 11.2 Å². The van der Waals surface area contributed by atoms with Gasteiger partial charge in [0.05, 0.1) is 0 Å². The third kappa shape index (κ3) is 4.04. The van der Waals surface area contributed by atoms with E-state index in [1.165, 1.54) is 12.3 Å². The summed E-state index contributed by atoms with van der Waals surface area (Å²) >= 11 is 0. The van der Waals surface area contributed by atoms with Crippen LogP contribution in [0, 0.1) is 0 Å². The molecule has 9 heteroatoms. The Hall–Kier alpha value is -2.03. The van der Waals surface area contributed by atoms with E-state index in [0.717, 1.165) is 11.6 Å². The third-order valence-corrected chi connectivity index (χ3v) is 4.22. The topological polar surface area (TPSA) is 72.2 Å². The standard InChI is InChI=1S/C14H15F3N2O3S/c1-13(2,3)9-4-6-11(18-8-9)19-23(20,21)12-7-5-10(22-12)14(15,16)17/h4-8H,1-3H3,(H,18,19). The molecule has 2 heterocycles. The lowest BCUT2D eigenvalue weighted by atomic mass is 9.88. The smallest absolute Gasteiger partial charge is 0.438 e. The lowest BCUT2D eigenvalue weighted by Crippen LogP contribution is -2.15. The van der Waals surface area contributed by atoms with Gasteiger partial charge in [-0.05, 0) is 29.2 Å². The largest absolute Gasteiger partial charge is 0.449 e. The van der Waals surface area contributed by atoms with Gasteiger partial charge in [0.15, 0.2) is 0 Å². The third-order valence-electron chi connectivity index (χ3n) is 2.99. The number of hydrogen-bond donors (Lipinski definition) is 1. The molecule has 0 unspecified atom stereocenters. The molecule has 2 aromatic rings. The van der Waals surface area contributed by atoms with Crippen LogP contribution >= 0.6 is 0 Å². The molecule has 126 valence electrons. The van der Waals surface area contributed by atoms with Gasteiger partial charge in [0.1, 0.15) is 5.82 Å². The van der Waals surface area contributed by atoms with Crippen LogP contribution in [0.4, 0.5) is 19.0 Å². The van der Waals surface area contributed by atoms with Gasteiger partial charge in [-0.15, -0.1) is 0 Å². The number of furan rings is 1. The van der Waals surface area contributed by atoms with Gasteiger partial charge in [-0.25, -0.2) is 4.98 Å². The van der Waals surface area contributed by atoms with Gasteiger partial charge in [-0.1, -0.05) is 26.8 Å². The van der Waals surface area contributed by atoms with Crippen molar-refractivity contribution in [3.05, 3.63) is 41.8 Å². The Morgan fingerprint density at radius 3 is 2.17 bits per heavy atom. The lowest BCUT2D eigenvalue weighted by Gasteiger charge is -2.18. The predicted octanol–water partition coefficient (Wildman–Crippen LogP) is 3.79. The molecule has 5 nitrogen and oxygen atoms in total. The number of nitrogens with zero attached hydrogens (tertiary/aromatic N) is 1. The van der Waals surface area contributed by atoms with Crippen LogP contribution in [0.1, 0.15) is 32.1 Å². The summed E-state index contributed by atoms with van der Waals surface area (Å²) in [6.45, 7) is 5.90. The minimum Gasteiger partial charge on any atom is -0.438 e. The van der Waals surface area contributed by atoms with Crippen molar-refractivity contribution in [2.24, 2.45) is 0 Å². The van der Waals surface area contributed by atoms with Gasteiger partial charge in [0.2, 0.25) is 10.9 Å². The van der Waals surface area contributed by atoms with E-state index in [2.05, 4.69) is 14.1 Å². The molecule has 0 bridgehead atoms. The normalized spacial score (nSPS) is 13.1. The number of hydrogen-bond acceptors (Lipinski definition) is 4. The molecule has 1 N–H and O–H groups in total. The maximum atomic E-state index is 12.5. The summed E-state index contributed by atoms with van der Waals surface area (Å²) in [6, 6.07) is 4.43. The lowest BCUT2D eigenvalue weighted by molar-refractivity contribution is -0.154. The van der Waals surface area contributed by atoms with Crippen LogP contribution in [0.25, 0.3) is 0 Å². The molecule has 0 saturated carbocycles. The molecule has 0 aliphatic carbocycles. The average Bonchev–Trinajstić information content (AvgIpc) is 2.88. The number of nitrogens with one attached hydrogen (secondary N) is 1. The van der Waals surface area contributed by atoms with Gasteiger partial charge >= 0.3 is 6.18 Å². The van der Waals surface area contributed by atoms with Gasteiger partial charge in [-0.2, -0.15) is 21.6 Å². The highest BCUT2D eigenvalue weighted by Gasteiger charge is 2.36. The van der Waals surface area contributed by atoms with Crippen LogP contribution in [-0.2, 0) is 21.6 Å². The number of rotatable bonds is 3. The Kier molecular flexibility index (Phi) is 4.18. The van der Waals surface area contributed by atoms with E-state index in [9.17, 15) is 21.6 Å². The zero-order chi connectivity index (χ0) is 17.5. The van der Waals surface area contributed by atoms with Crippen molar-refractivity contribution in [1.29, 1.82) is 0 Å². The van der Waals surface area contributed by atoms with Crippen LogP contribution in [0.5, 0.6) is 0 Å². The summed E-state index contributed by atoms with van der Waals surface area (Å²) in [5.74, 6) is -1.39. The molecular weight excluding hydrogens is 333 g/mol. The summed E-state index contributed by atoms with van der Waals surface area (Å²) < 4.78 is 67.8. The summed E-state index contributed by atoms with van der Waals surface area (Å²) in [5, 5.41) is -0.827. The Morgan fingerprint density at radius 1 is 1.09 bits per heavy atom. The molecule has 0 spiro atoms. The molecule has 23 heavy (non-hydrogen) atoms. The van der Waals surface area contributed by atoms with Crippen LogP contribution in [0.15, 0.2) is 40.0 Å². The molecule has 0 fully saturated rings. The van der Waals surface area contributed by atoms with Crippen LogP contribution < -0.4 is 4.72 Å². The number of anilines is 1. The molecule has 0 aliphatic rings. The van der Waals surface area contributed by atoms with Crippen molar-refractivity contribution < 1.29 is 26.0 Å². The summed E-state index contributed by atoms with van der Waals surface area (Å²) in [5.41, 5.74) is 0.727. The van der Waals surface area contributed by atoms with Gasteiger partial charge in [-0.3, -0.25) is 4.72 Å². The molecular formula is C14H15F3N2O3S. The monoisotopic (exact) mass is 348 g/mol. The first-order valence-corrected chi connectivity index (χ1v) is 8.04. The number of aromatic nitrogens is 1. The van der Waals surface area contributed by atoms with E-state index in [1.807, 2.05) is 20.8 Å². The average molecular weight is 348 g/mol. The van der Waals surface area contributed by atoms with Crippen LogP contribution in [-0.4, -0.2) is 13.4 Å². The molecule has 0 radical (unpaired) electrons. The highest BCUT2D eigenvalue weighted by molar-refractivity contribution is 7.92. The molecule has 2 aromatic heterocycles. The van der Waals surface area contributed by atoms with Gasteiger partial charge in [0, 0.05) is 6.20 Å². The number of sulfonamides is 1. The van der Waals surface area contributed by atoms with Crippen LogP contribution in [0.2, 0.25) is 0 Å². The van der Waals surface area contributed by atoms with Crippen LogP contribution in [0.3, 0.4) is 0 Å². The summed E-state index contributed by atoms with van der Waals surface area (Å²) in [6.07, 6.45) is -3.25. The second kappa shape index (κ2) is 5.55. The first-order valence-electron chi connectivity index (χ1n) is 6.56. The molecule has 0 atom stereocenters. The zero-order valence-corrected chi connectivity index (χ0v) is 13.4. The number of pyridine rings is 1. The Balaban J connectivity index is 2.23. The first kappa shape index (κ1) is 17.3. The molecule has 0 amide bonds. The predicted molar refractivity (Wildman–Crippen MR) is 77.5 cm³/mol. The summed E-state index contributed by atoms with van der Waals surface area (Å²) in [7, 11) is -4.28. The second-order valence-electron chi connectivity index (χ2n) is 5.90. The van der Waals surface area contributed by atoms with Gasteiger partial charge < -0.3 is 4.42 Å². The quantitative estimate of drug-likeness (QED) is 0.916. The van der Waals surface area contributed by atoms with Crippen molar-refractivity contribution >= 4 is 15.8 Å². The van der Waals surface area contributed by atoms with Crippen molar-refractivity contribution in [2.75, 3.05) is 4.72 Å². The maximum absolute atomic E-state index is 12.5. The Bertz CT molecular complexity index is 788. The second-order valence-corrected chi connectivity index (χ2v) is 7.52. The Morgan fingerprint density at radius 2 is 1.74 bits per heavy atom. The highest BCUT2D eigenvalue weighted by atomic mass is 32.2. The molecule has 0 aliphatic heterocycles. The van der Waals surface area contributed by atoms with E-state index < -0.39 is 27.1 Å². The molecule has 0 saturated heterocycles. The van der Waals surface area contributed by atoms with E-state index in [1.54, 1.807) is 6.07 Å². The first-order chi connectivity index (χ1) is 10.4. The van der Waals surface area contributed by atoms with Crippen molar-refractivity contribution in [3.8, 4) is 0 Å². The van der Waals surface area contributed by atoms with Crippen molar-refractivity contribution in [2.45, 2.75) is 37.5 Å². The minimum atomic E-state index is -4.75. The van der Waals surface area contributed by atoms with Gasteiger partial charge in [0.25, 0.3) is 10.0 Å². The fraction of sp³-hybridized carbons (Fsp3) is 0.357. The van der Waals surface area contributed by atoms with Crippen molar-refractivity contribution in [1.82, 2.24) is 4.98 Å². The SMILES string of the molecule is CC(C)(C)c1ccc(NS(=O)(=O)c2ccc(C(F)(F)F)o2)nc1. The number of halogens is 3. The van der Waals surface area contributed by atoms with E-state index in [4.69, 9.17) is 0 Å². The zero-order valence-electron chi connectivity index (χ0n) is 12.6. The minimum absolute atomic E-state index is 0.0111. The fourth-order valence-electron chi connectivity index (χ4n) is 1.70. The van der Waals surface area contributed by atoms with E-state index in [0.29, 0.717) is 6.07 Å². The highest BCUT2D eigenvalue weighted by Crippen LogP contribution is 2.32. The maximum Gasteiger partial charge on any atom is 0.449 e.